The van der Waals surface area contributed by atoms with Crippen molar-refractivity contribution in [2.45, 2.75) is 57.2 Å². The highest BCUT2D eigenvalue weighted by molar-refractivity contribution is 7.99. The molecule has 2 heteroatoms. The maximum absolute atomic E-state index is 3.44. The highest BCUT2D eigenvalue weighted by Crippen LogP contribution is 2.35. The molecule has 1 nitrogen and oxygen atoms in total. The van der Waals surface area contributed by atoms with Crippen molar-refractivity contribution in [2.24, 2.45) is 0 Å². The van der Waals surface area contributed by atoms with Gasteiger partial charge in [-0.1, -0.05) is 20.8 Å². The molecule has 0 aliphatic heterocycles. The normalized spacial score (nSPS) is 20.8. The molecule has 0 rings (SSSR count). The highest BCUT2D eigenvalue weighted by Gasteiger charge is 2.31. The fraction of sp³-hybridized carbons (Fsp3) is 1.00. The molecule has 0 spiro atoms. The van der Waals surface area contributed by atoms with Gasteiger partial charge in [-0.25, -0.2) is 0 Å². The van der Waals surface area contributed by atoms with Crippen LogP contribution in [0, 0.1) is 0 Å². The van der Waals surface area contributed by atoms with E-state index in [2.05, 4.69) is 46.3 Å². The van der Waals surface area contributed by atoms with E-state index in [1.165, 1.54) is 19.3 Å². The lowest BCUT2D eigenvalue weighted by atomic mass is 9.86. The Morgan fingerprint density at radius 1 is 1.15 bits per heavy atom. The van der Waals surface area contributed by atoms with E-state index in [-0.39, 0.29) is 0 Å². The standard InChI is InChI=1S/C11H25NS/c1-7-10(3,12-5)9-11(4,8-2)13-6/h12H,7-9H2,1-6H3/t10-,11?/m1/s1. The highest BCUT2D eigenvalue weighted by atomic mass is 32.2. The largest absolute Gasteiger partial charge is 0.314 e. The zero-order valence-electron chi connectivity index (χ0n) is 10.0. The second-order valence-corrected chi connectivity index (χ2v) is 5.74. The molecule has 0 amide bonds. The third kappa shape index (κ3) is 3.90. The molecule has 0 saturated carbocycles. The molecule has 1 unspecified atom stereocenters. The molecule has 2 atom stereocenters. The predicted molar refractivity (Wildman–Crippen MR) is 64.6 cm³/mol. The second-order valence-electron chi connectivity index (χ2n) is 4.35. The number of hydrogen-bond donors (Lipinski definition) is 1. The van der Waals surface area contributed by atoms with E-state index >= 15 is 0 Å². The van der Waals surface area contributed by atoms with Crippen LogP contribution in [-0.2, 0) is 0 Å². The van der Waals surface area contributed by atoms with Crippen molar-refractivity contribution in [3.63, 3.8) is 0 Å². The first kappa shape index (κ1) is 13.3. The van der Waals surface area contributed by atoms with Crippen molar-refractivity contribution >= 4 is 11.8 Å². The summed E-state index contributed by atoms with van der Waals surface area (Å²) in [6.07, 6.45) is 5.89. The molecule has 0 heterocycles. The summed E-state index contributed by atoms with van der Waals surface area (Å²) in [5.41, 5.74) is 0.299. The summed E-state index contributed by atoms with van der Waals surface area (Å²) >= 11 is 1.99. The number of thioether (sulfide) groups is 1. The van der Waals surface area contributed by atoms with Crippen LogP contribution in [0.25, 0.3) is 0 Å². The minimum absolute atomic E-state index is 0.299. The first-order valence-corrected chi connectivity index (χ1v) is 6.42. The fourth-order valence-electron chi connectivity index (χ4n) is 1.56. The molecule has 0 bridgehead atoms. The first-order chi connectivity index (χ1) is 5.95. The molecule has 0 aromatic rings. The summed E-state index contributed by atoms with van der Waals surface area (Å²) in [5, 5.41) is 3.44. The quantitative estimate of drug-likeness (QED) is 0.711. The van der Waals surface area contributed by atoms with Crippen LogP contribution in [0.3, 0.4) is 0 Å². The fourth-order valence-corrected chi connectivity index (χ4v) is 2.31. The van der Waals surface area contributed by atoms with E-state index in [9.17, 15) is 0 Å². The van der Waals surface area contributed by atoms with Gasteiger partial charge in [0.05, 0.1) is 0 Å². The van der Waals surface area contributed by atoms with Crippen molar-refractivity contribution in [1.82, 2.24) is 5.32 Å². The Labute approximate surface area is 88.1 Å². The molecular weight excluding hydrogens is 178 g/mol. The third-order valence-electron chi connectivity index (χ3n) is 3.39. The van der Waals surface area contributed by atoms with Gasteiger partial charge in [-0.2, -0.15) is 11.8 Å². The van der Waals surface area contributed by atoms with E-state index < -0.39 is 0 Å². The van der Waals surface area contributed by atoms with Gasteiger partial charge in [0.2, 0.25) is 0 Å². The SMILES string of the molecule is CCC(C)(C[C@@](C)(CC)NC)SC. The second kappa shape index (κ2) is 5.26. The van der Waals surface area contributed by atoms with Crippen LogP contribution in [0.1, 0.15) is 47.0 Å². The smallest absolute Gasteiger partial charge is 0.0160 e. The maximum Gasteiger partial charge on any atom is 0.0160 e. The van der Waals surface area contributed by atoms with Gasteiger partial charge in [-0.3, -0.25) is 0 Å². The molecular formula is C11H25NS. The van der Waals surface area contributed by atoms with Crippen molar-refractivity contribution in [3.8, 4) is 0 Å². The summed E-state index contributed by atoms with van der Waals surface area (Å²) in [4.78, 5) is 0. The minimum atomic E-state index is 0.299. The van der Waals surface area contributed by atoms with Gasteiger partial charge in [0.1, 0.15) is 0 Å². The molecule has 0 saturated heterocycles. The molecule has 0 aromatic carbocycles. The molecule has 1 N–H and O–H groups in total. The van der Waals surface area contributed by atoms with Gasteiger partial charge >= 0.3 is 0 Å². The van der Waals surface area contributed by atoms with E-state index in [1.54, 1.807) is 0 Å². The maximum atomic E-state index is 3.44. The van der Waals surface area contributed by atoms with Gasteiger partial charge in [-0.05, 0) is 39.5 Å². The van der Waals surface area contributed by atoms with Crippen molar-refractivity contribution in [2.75, 3.05) is 13.3 Å². The number of hydrogen-bond acceptors (Lipinski definition) is 2. The lowest BCUT2D eigenvalue weighted by Crippen LogP contribution is -2.44. The minimum Gasteiger partial charge on any atom is -0.314 e. The van der Waals surface area contributed by atoms with Crippen molar-refractivity contribution in [3.05, 3.63) is 0 Å². The Morgan fingerprint density at radius 3 is 1.92 bits per heavy atom. The molecule has 0 radical (unpaired) electrons. The topological polar surface area (TPSA) is 12.0 Å². The van der Waals surface area contributed by atoms with E-state index in [1.807, 2.05) is 11.8 Å². The Morgan fingerprint density at radius 2 is 1.69 bits per heavy atom. The van der Waals surface area contributed by atoms with Crippen molar-refractivity contribution < 1.29 is 0 Å². The monoisotopic (exact) mass is 203 g/mol. The lowest BCUT2D eigenvalue weighted by Gasteiger charge is -2.37. The van der Waals surface area contributed by atoms with Crippen LogP contribution < -0.4 is 5.32 Å². The van der Waals surface area contributed by atoms with Crippen molar-refractivity contribution in [1.29, 1.82) is 0 Å². The summed E-state index contributed by atoms with van der Waals surface area (Å²) in [6.45, 7) is 9.22. The van der Waals surface area contributed by atoms with E-state index in [0.717, 1.165) is 0 Å². The van der Waals surface area contributed by atoms with Gasteiger partial charge < -0.3 is 5.32 Å². The summed E-state index contributed by atoms with van der Waals surface area (Å²) in [5.74, 6) is 0. The van der Waals surface area contributed by atoms with Crippen LogP contribution >= 0.6 is 11.8 Å². The molecule has 0 fully saturated rings. The van der Waals surface area contributed by atoms with Crippen LogP contribution in [-0.4, -0.2) is 23.6 Å². The predicted octanol–water partition coefficient (Wildman–Crippen LogP) is 3.30. The van der Waals surface area contributed by atoms with E-state index in [4.69, 9.17) is 0 Å². The Hall–Kier alpha value is 0.310. The van der Waals surface area contributed by atoms with Crippen LogP contribution in [0.5, 0.6) is 0 Å². The van der Waals surface area contributed by atoms with Gasteiger partial charge in [0.25, 0.3) is 0 Å². The average molecular weight is 203 g/mol. The van der Waals surface area contributed by atoms with Crippen LogP contribution in [0.15, 0.2) is 0 Å². The van der Waals surface area contributed by atoms with Gasteiger partial charge in [-0.15, -0.1) is 0 Å². The van der Waals surface area contributed by atoms with Crippen LogP contribution in [0.4, 0.5) is 0 Å². The Kier molecular flexibility index (Phi) is 5.38. The van der Waals surface area contributed by atoms with Gasteiger partial charge in [0.15, 0.2) is 0 Å². The van der Waals surface area contributed by atoms with Gasteiger partial charge in [0, 0.05) is 10.3 Å². The molecule has 0 aliphatic carbocycles. The molecule has 0 aromatic heterocycles. The van der Waals surface area contributed by atoms with Crippen LogP contribution in [0.2, 0.25) is 0 Å². The summed E-state index contributed by atoms with van der Waals surface area (Å²) in [7, 11) is 2.07. The molecule has 80 valence electrons. The molecule has 13 heavy (non-hydrogen) atoms. The zero-order valence-corrected chi connectivity index (χ0v) is 10.8. The third-order valence-corrected chi connectivity index (χ3v) is 4.81. The number of nitrogens with one attached hydrogen (secondary N) is 1. The average Bonchev–Trinajstić information content (AvgIpc) is 2.17. The zero-order chi connectivity index (χ0) is 10.5. The molecule has 0 aliphatic rings. The number of rotatable bonds is 6. The first-order valence-electron chi connectivity index (χ1n) is 5.19. The lowest BCUT2D eigenvalue weighted by molar-refractivity contribution is 0.306. The summed E-state index contributed by atoms with van der Waals surface area (Å²) in [6, 6.07) is 0. The summed E-state index contributed by atoms with van der Waals surface area (Å²) < 4.78 is 0.424. The Balaban J connectivity index is 4.36. The Bertz CT molecular complexity index is 121. The van der Waals surface area contributed by atoms with E-state index in [0.29, 0.717) is 10.3 Å².